The summed E-state index contributed by atoms with van der Waals surface area (Å²) in [4.78, 5) is 17.0. The van der Waals surface area contributed by atoms with Crippen molar-refractivity contribution in [3.8, 4) is 17.4 Å². The molecule has 0 spiro atoms. The fourth-order valence-electron chi connectivity index (χ4n) is 4.01. The van der Waals surface area contributed by atoms with Crippen molar-refractivity contribution in [1.82, 2.24) is 35.3 Å². The number of carbonyl (C=O) groups excluding carboxylic acids is 1. The van der Waals surface area contributed by atoms with Crippen molar-refractivity contribution < 1.29 is 23.9 Å². The number of carbonyl (C=O) groups is 1. The highest BCUT2D eigenvalue weighted by Gasteiger charge is 2.25. The Kier molecular flexibility index (Phi) is 6.85. The number of fused-ring (bicyclic) bond motifs is 1. The summed E-state index contributed by atoms with van der Waals surface area (Å²) < 4.78 is 18.1. The third-order valence-corrected chi connectivity index (χ3v) is 6.11. The van der Waals surface area contributed by atoms with Crippen molar-refractivity contribution in [2.45, 2.75) is 58.3 Å². The number of hydrogen-bond donors (Lipinski definition) is 2. The average molecular weight is 508 g/mol. The van der Waals surface area contributed by atoms with Gasteiger partial charge in [0.15, 0.2) is 17.1 Å². The highest BCUT2D eigenvalue weighted by Crippen LogP contribution is 2.32. The number of rotatable bonds is 7. The zero-order valence-electron chi connectivity index (χ0n) is 21.0. The first-order valence-corrected chi connectivity index (χ1v) is 12.1. The maximum Gasteiger partial charge on any atom is 0.253 e. The number of aliphatic hydroxyl groups excluding tert-OH is 1. The number of ether oxygens (including phenoxy) is 2. The molecule has 5 rings (SSSR count). The number of amides is 1. The van der Waals surface area contributed by atoms with E-state index in [9.17, 15) is 9.90 Å². The van der Waals surface area contributed by atoms with Crippen molar-refractivity contribution in [3.63, 3.8) is 0 Å². The van der Waals surface area contributed by atoms with Crippen molar-refractivity contribution in [1.29, 1.82) is 0 Å². The summed E-state index contributed by atoms with van der Waals surface area (Å²) in [5.41, 5.74) is 2.64. The second-order valence-corrected chi connectivity index (χ2v) is 9.93. The Hall–Kier alpha value is -3.90. The number of aliphatic hydroxyl groups is 1. The van der Waals surface area contributed by atoms with Crippen LogP contribution in [0.1, 0.15) is 61.0 Å². The number of nitrogens with one attached hydrogen (secondary N) is 1. The van der Waals surface area contributed by atoms with Crippen LogP contribution in [-0.4, -0.2) is 60.2 Å². The van der Waals surface area contributed by atoms with Gasteiger partial charge in [0, 0.05) is 37.1 Å². The van der Waals surface area contributed by atoms with E-state index in [1.54, 1.807) is 24.4 Å². The molecule has 0 radical (unpaired) electrons. The minimum Gasteiger partial charge on any atom is -0.470 e. The molecule has 0 saturated carbocycles. The van der Waals surface area contributed by atoms with Gasteiger partial charge < -0.3 is 24.4 Å². The minimum absolute atomic E-state index is 0.121. The molecule has 0 unspecified atom stereocenters. The van der Waals surface area contributed by atoms with E-state index in [0.29, 0.717) is 53.3 Å². The molecule has 0 bridgehead atoms. The summed E-state index contributed by atoms with van der Waals surface area (Å²) in [7, 11) is 0. The average Bonchev–Trinajstić information content (AvgIpc) is 3.54. The van der Waals surface area contributed by atoms with Crippen molar-refractivity contribution in [2.75, 3.05) is 13.2 Å². The second kappa shape index (κ2) is 10.2. The van der Waals surface area contributed by atoms with Crippen LogP contribution in [0.5, 0.6) is 5.88 Å². The number of aromatic nitrogens is 6. The number of nitrogens with zero attached hydrogens (tertiary/aromatic N) is 6. The lowest BCUT2D eigenvalue weighted by Gasteiger charge is -2.23. The van der Waals surface area contributed by atoms with Crippen molar-refractivity contribution in [3.05, 3.63) is 53.0 Å². The van der Waals surface area contributed by atoms with Crippen LogP contribution in [0.15, 0.2) is 35.0 Å². The second-order valence-electron chi connectivity index (χ2n) is 9.93. The van der Waals surface area contributed by atoms with Gasteiger partial charge >= 0.3 is 0 Å². The lowest BCUT2D eigenvalue weighted by atomic mass is 9.88. The summed E-state index contributed by atoms with van der Waals surface area (Å²) in [6, 6.07) is 7.09. The molecule has 1 fully saturated rings. The Morgan fingerprint density at radius 2 is 2.03 bits per heavy atom. The molecule has 1 aliphatic rings. The molecule has 0 atom stereocenters. The van der Waals surface area contributed by atoms with E-state index >= 15 is 0 Å². The van der Waals surface area contributed by atoms with Gasteiger partial charge in [0.2, 0.25) is 11.7 Å². The van der Waals surface area contributed by atoms with Gasteiger partial charge in [0.1, 0.15) is 13.2 Å². The smallest absolute Gasteiger partial charge is 0.253 e. The molecule has 2 N–H and O–H groups in total. The van der Waals surface area contributed by atoms with Crippen molar-refractivity contribution in [2.24, 2.45) is 0 Å². The van der Waals surface area contributed by atoms with Gasteiger partial charge in [-0.1, -0.05) is 25.9 Å². The zero-order valence-corrected chi connectivity index (χ0v) is 21.0. The summed E-state index contributed by atoms with van der Waals surface area (Å²) >= 11 is 0. The maximum atomic E-state index is 12.6. The van der Waals surface area contributed by atoms with E-state index in [2.05, 4.69) is 51.5 Å². The molecular weight excluding hydrogens is 478 g/mol. The third-order valence-electron chi connectivity index (χ3n) is 6.11. The normalized spacial score (nSPS) is 14.7. The minimum atomic E-state index is -0.284. The van der Waals surface area contributed by atoms with Crippen LogP contribution in [0.25, 0.3) is 17.2 Å². The van der Waals surface area contributed by atoms with E-state index < -0.39 is 0 Å². The van der Waals surface area contributed by atoms with E-state index in [4.69, 9.17) is 14.0 Å². The molecule has 194 valence electrons. The Labute approximate surface area is 213 Å². The summed E-state index contributed by atoms with van der Waals surface area (Å²) in [6.07, 6.45) is 3.17. The van der Waals surface area contributed by atoms with Crippen LogP contribution in [-0.2, 0) is 23.4 Å². The Morgan fingerprint density at radius 1 is 1.22 bits per heavy atom. The topological polar surface area (TPSA) is 150 Å². The largest absolute Gasteiger partial charge is 0.470 e. The van der Waals surface area contributed by atoms with Crippen LogP contribution < -0.4 is 10.1 Å². The van der Waals surface area contributed by atoms with E-state index in [1.807, 2.05) is 6.07 Å². The van der Waals surface area contributed by atoms with Gasteiger partial charge in [-0.2, -0.15) is 4.52 Å². The summed E-state index contributed by atoms with van der Waals surface area (Å²) in [6.45, 7) is 7.37. The van der Waals surface area contributed by atoms with Gasteiger partial charge in [0.25, 0.3) is 5.91 Å². The van der Waals surface area contributed by atoms with E-state index in [0.717, 1.165) is 18.4 Å². The molecule has 12 heteroatoms. The molecule has 0 aliphatic carbocycles. The first-order chi connectivity index (χ1) is 17.8. The molecule has 0 aromatic carbocycles. The fraction of sp³-hybridized carbons (Fsp3) is 0.440. The summed E-state index contributed by atoms with van der Waals surface area (Å²) in [5.74, 6) is 0.925. The van der Waals surface area contributed by atoms with E-state index in [1.165, 1.54) is 4.52 Å². The predicted molar refractivity (Wildman–Crippen MR) is 131 cm³/mol. The molecule has 4 aromatic heterocycles. The third kappa shape index (κ3) is 5.44. The van der Waals surface area contributed by atoms with Crippen LogP contribution in [0, 0.1) is 0 Å². The molecule has 1 aliphatic heterocycles. The molecule has 37 heavy (non-hydrogen) atoms. The van der Waals surface area contributed by atoms with Gasteiger partial charge in [0.05, 0.1) is 11.3 Å². The van der Waals surface area contributed by atoms with Gasteiger partial charge in [-0.25, -0.2) is 0 Å². The standard InChI is InChI=1S/C25H29N7O5/c1-25(2,3)19-11-21-28-29-22(20-10-18(13-33)37-31-20)32(21)30-24(19)36-14-17-5-4-15(12-26-17)23(34)27-16-6-8-35-9-7-16/h4-5,10-12,16,33H,6-9,13-14H2,1-3H3,(H,27,34). The zero-order chi connectivity index (χ0) is 26.0. The number of hydrogen-bond acceptors (Lipinski definition) is 10. The van der Waals surface area contributed by atoms with Gasteiger partial charge in [-0.3, -0.25) is 9.78 Å². The highest BCUT2D eigenvalue weighted by atomic mass is 16.5. The lowest BCUT2D eigenvalue weighted by Crippen LogP contribution is -2.38. The summed E-state index contributed by atoms with van der Waals surface area (Å²) in [5, 5.41) is 29.4. The number of pyridine rings is 1. The molecular formula is C25H29N7O5. The first-order valence-electron chi connectivity index (χ1n) is 12.1. The van der Waals surface area contributed by atoms with Crippen LogP contribution >= 0.6 is 0 Å². The molecule has 5 heterocycles. The first kappa shape index (κ1) is 24.8. The Balaban J connectivity index is 1.35. The Bertz CT molecular complexity index is 1380. The van der Waals surface area contributed by atoms with E-state index in [-0.39, 0.29) is 30.6 Å². The fourth-order valence-corrected chi connectivity index (χ4v) is 4.01. The molecule has 1 saturated heterocycles. The molecule has 1 amide bonds. The molecule has 12 nitrogen and oxygen atoms in total. The quantitative estimate of drug-likeness (QED) is 0.382. The molecule has 4 aromatic rings. The van der Waals surface area contributed by atoms with Crippen molar-refractivity contribution >= 4 is 11.6 Å². The van der Waals surface area contributed by atoms with Crippen LogP contribution in [0.3, 0.4) is 0 Å². The maximum absolute atomic E-state index is 12.6. The monoisotopic (exact) mass is 507 g/mol. The predicted octanol–water partition coefficient (Wildman–Crippen LogP) is 2.45. The SMILES string of the molecule is CC(C)(C)c1cc2nnc(-c3cc(CO)on3)n2nc1OCc1ccc(C(=O)NC2CCOCC2)cn1. The highest BCUT2D eigenvalue weighted by molar-refractivity contribution is 5.94. The van der Waals surface area contributed by atoms with Crippen LogP contribution in [0.2, 0.25) is 0 Å². The van der Waals surface area contributed by atoms with Crippen LogP contribution in [0.4, 0.5) is 0 Å². The lowest BCUT2D eigenvalue weighted by molar-refractivity contribution is 0.0696. The van der Waals surface area contributed by atoms with Gasteiger partial charge in [-0.15, -0.1) is 15.3 Å². The Morgan fingerprint density at radius 3 is 2.70 bits per heavy atom. The van der Waals surface area contributed by atoms with Gasteiger partial charge in [-0.05, 0) is 36.5 Å².